The third kappa shape index (κ3) is 5.33. The highest BCUT2D eigenvalue weighted by molar-refractivity contribution is 6.39. The molecule has 0 aliphatic carbocycles. The number of anilines is 2. The number of likely N-dealkylation sites (tertiary alicyclic amines) is 1. The number of hydrogen-bond acceptors (Lipinski definition) is 4. The molecule has 0 radical (unpaired) electrons. The van der Waals surface area contributed by atoms with Crippen LogP contribution < -0.4 is 15.5 Å². The van der Waals surface area contributed by atoms with Gasteiger partial charge >= 0.3 is 11.8 Å². The zero-order chi connectivity index (χ0) is 21.7. The average molecular weight is 416 g/mol. The van der Waals surface area contributed by atoms with Gasteiger partial charge in [-0.1, -0.05) is 12.1 Å². The molecule has 6 nitrogen and oxygen atoms in total. The summed E-state index contributed by atoms with van der Waals surface area (Å²) in [7, 11) is 3.94. The predicted octanol–water partition coefficient (Wildman–Crippen LogP) is 2.92. The van der Waals surface area contributed by atoms with Gasteiger partial charge < -0.3 is 15.5 Å². The zero-order valence-corrected chi connectivity index (χ0v) is 17.1. The average Bonchev–Trinajstić information content (AvgIpc) is 3.25. The van der Waals surface area contributed by atoms with E-state index in [1.165, 1.54) is 0 Å². The fraction of sp³-hybridized carbons (Fsp3) is 0.364. The SMILES string of the molecule is CN(C)c1ccc([C@H](CNC(=O)C(=O)Nc2ccc(F)cc2F)N2CCCC2)cc1. The monoisotopic (exact) mass is 416 g/mol. The first-order valence-electron chi connectivity index (χ1n) is 9.90. The van der Waals surface area contributed by atoms with Crippen LogP contribution in [0.3, 0.4) is 0 Å². The first kappa shape index (κ1) is 21.7. The number of carbonyl (C=O) groups is 2. The molecule has 1 atom stereocenters. The smallest absolute Gasteiger partial charge is 0.313 e. The molecule has 2 amide bonds. The minimum Gasteiger partial charge on any atom is -0.378 e. The third-order valence-corrected chi connectivity index (χ3v) is 5.22. The van der Waals surface area contributed by atoms with Crippen LogP contribution >= 0.6 is 0 Å². The van der Waals surface area contributed by atoms with Crippen molar-refractivity contribution >= 4 is 23.2 Å². The van der Waals surface area contributed by atoms with Crippen molar-refractivity contribution in [3.05, 3.63) is 59.7 Å². The van der Waals surface area contributed by atoms with E-state index in [0.29, 0.717) is 6.07 Å². The molecule has 160 valence electrons. The van der Waals surface area contributed by atoms with Crippen LogP contribution in [-0.4, -0.2) is 50.4 Å². The molecular formula is C22H26F2N4O2. The summed E-state index contributed by atoms with van der Waals surface area (Å²) < 4.78 is 26.7. The van der Waals surface area contributed by atoms with Gasteiger partial charge in [0.1, 0.15) is 11.6 Å². The molecule has 2 aromatic rings. The lowest BCUT2D eigenvalue weighted by Gasteiger charge is -2.28. The minimum absolute atomic E-state index is 0.0666. The van der Waals surface area contributed by atoms with Gasteiger partial charge in [0.05, 0.1) is 11.7 Å². The Bertz CT molecular complexity index is 897. The molecule has 2 aromatic carbocycles. The van der Waals surface area contributed by atoms with E-state index in [0.717, 1.165) is 49.3 Å². The molecule has 1 heterocycles. The van der Waals surface area contributed by atoms with Crippen LogP contribution in [0.25, 0.3) is 0 Å². The lowest BCUT2D eigenvalue weighted by Crippen LogP contribution is -2.41. The number of rotatable bonds is 6. The molecule has 3 rings (SSSR count). The van der Waals surface area contributed by atoms with Crippen molar-refractivity contribution in [1.29, 1.82) is 0 Å². The standard InChI is InChI=1S/C22H26F2N4O2/c1-27(2)17-8-5-15(6-9-17)20(28-11-3-4-12-28)14-25-21(29)22(30)26-19-10-7-16(23)13-18(19)24/h5-10,13,20H,3-4,11-12,14H2,1-2H3,(H,25,29)(H,26,30)/t20-/m0/s1. The fourth-order valence-corrected chi connectivity index (χ4v) is 3.55. The second kappa shape index (κ2) is 9.67. The maximum Gasteiger partial charge on any atom is 0.313 e. The van der Waals surface area contributed by atoms with Crippen LogP contribution in [-0.2, 0) is 9.59 Å². The van der Waals surface area contributed by atoms with Gasteiger partial charge in [-0.25, -0.2) is 8.78 Å². The highest BCUT2D eigenvalue weighted by atomic mass is 19.1. The predicted molar refractivity (Wildman–Crippen MR) is 112 cm³/mol. The lowest BCUT2D eigenvalue weighted by molar-refractivity contribution is -0.136. The number of nitrogens with one attached hydrogen (secondary N) is 2. The van der Waals surface area contributed by atoms with Crippen LogP contribution in [0, 0.1) is 11.6 Å². The Balaban J connectivity index is 1.65. The quantitative estimate of drug-likeness (QED) is 0.711. The van der Waals surface area contributed by atoms with Gasteiger partial charge in [-0.2, -0.15) is 0 Å². The van der Waals surface area contributed by atoms with Crippen LogP contribution in [0.1, 0.15) is 24.4 Å². The molecule has 1 fully saturated rings. The lowest BCUT2D eigenvalue weighted by atomic mass is 10.0. The zero-order valence-electron chi connectivity index (χ0n) is 17.1. The van der Waals surface area contributed by atoms with E-state index >= 15 is 0 Å². The molecule has 1 aliphatic heterocycles. The van der Waals surface area contributed by atoms with Gasteiger partial charge in [0.2, 0.25) is 0 Å². The van der Waals surface area contributed by atoms with E-state index in [-0.39, 0.29) is 18.3 Å². The first-order chi connectivity index (χ1) is 14.3. The number of halogens is 2. The summed E-state index contributed by atoms with van der Waals surface area (Å²) in [4.78, 5) is 28.7. The summed E-state index contributed by atoms with van der Waals surface area (Å²) in [5.74, 6) is -3.56. The van der Waals surface area contributed by atoms with Gasteiger partial charge in [0.15, 0.2) is 0 Å². The van der Waals surface area contributed by atoms with Crippen LogP contribution in [0.2, 0.25) is 0 Å². The Labute approximate surface area is 174 Å². The summed E-state index contributed by atoms with van der Waals surface area (Å²) in [6.07, 6.45) is 2.18. The van der Waals surface area contributed by atoms with Crippen molar-refractivity contribution in [3.8, 4) is 0 Å². The molecule has 1 saturated heterocycles. The summed E-state index contributed by atoms with van der Waals surface area (Å²) in [5.41, 5.74) is 1.88. The maximum atomic E-state index is 13.7. The Kier molecular flexibility index (Phi) is 6.99. The molecule has 2 N–H and O–H groups in total. The maximum absolute atomic E-state index is 13.7. The molecule has 0 unspecified atom stereocenters. The summed E-state index contributed by atoms with van der Waals surface area (Å²) in [6, 6.07) is 10.8. The second-order valence-corrected chi connectivity index (χ2v) is 7.53. The Morgan fingerprint density at radius 2 is 1.70 bits per heavy atom. The van der Waals surface area contributed by atoms with Crippen LogP contribution in [0.5, 0.6) is 0 Å². The van der Waals surface area contributed by atoms with E-state index in [1.807, 2.05) is 43.3 Å². The van der Waals surface area contributed by atoms with Crippen LogP contribution in [0.4, 0.5) is 20.2 Å². The Morgan fingerprint density at radius 3 is 2.30 bits per heavy atom. The largest absolute Gasteiger partial charge is 0.378 e. The van der Waals surface area contributed by atoms with E-state index in [2.05, 4.69) is 15.5 Å². The van der Waals surface area contributed by atoms with Crippen molar-refractivity contribution in [1.82, 2.24) is 10.2 Å². The summed E-state index contributed by atoms with van der Waals surface area (Å²) in [5, 5.41) is 4.83. The van der Waals surface area contributed by atoms with E-state index in [9.17, 15) is 18.4 Å². The minimum atomic E-state index is -0.997. The molecule has 0 aromatic heterocycles. The highest BCUT2D eigenvalue weighted by Crippen LogP contribution is 2.26. The molecule has 0 saturated carbocycles. The molecule has 0 bridgehead atoms. The van der Waals surface area contributed by atoms with E-state index in [4.69, 9.17) is 0 Å². The van der Waals surface area contributed by atoms with Gasteiger partial charge in [0.25, 0.3) is 0 Å². The van der Waals surface area contributed by atoms with Crippen molar-refractivity contribution in [3.63, 3.8) is 0 Å². The molecule has 8 heteroatoms. The number of hydrogen-bond donors (Lipinski definition) is 2. The van der Waals surface area contributed by atoms with E-state index < -0.39 is 23.4 Å². The summed E-state index contributed by atoms with van der Waals surface area (Å²) in [6.45, 7) is 2.09. The number of carbonyl (C=O) groups excluding carboxylic acids is 2. The van der Waals surface area contributed by atoms with Gasteiger partial charge in [-0.15, -0.1) is 0 Å². The third-order valence-electron chi connectivity index (χ3n) is 5.22. The van der Waals surface area contributed by atoms with Crippen molar-refractivity contribution in [2.24, 2.45) is 0 Å². The van der Waals surface area contributed by atoms with Gasteiger partial charge in [-0.05, 0) is 55.8 Å². The Hall–Kier alpha value is -3.00. The van der Waals surface area contributed by atoms with Crippen molar-refractivity contribution in [2.45, 2.75) is 18.9 Å². The summed E-state index contributed by atoms with van der Waals surface area (Å²) >= 11 is 0. The molecule has 1 aliphatic rings. The van der Waals surface area contributed by atoms with Crippen molar-refractivity contribution in [2.75, 3.05) is 43.9 Å². The van der Waals surface area contributed by atoms with E-state index in [1.54, 1.807) is 0 Å². The number of nitrogens with zero attached hydrogens (tertiary/aromatic N) is 2. The van der Waals surface area contributed by atoms with Gasteiger partial charge in [0, 0.05) is 32.4 Å². The first-order valence-corrected chi connectivity index (χ1v) is 9.90. The topological polar surface area (TPSA) is 64.7 Å². The molecule has 0 spiro atoms. The molecule has 30 heavy (non-hydrogen) atoms. The van der Waals surface area contributed by atoms with Crippen LogP contribution in [0.15, 0.2) is 42.5 Å². The normalized spacial score (nSPS) is 14.9. The Morgan fingerprint density at radius 1 is 1.03 bits per heavy atom. The highest BCUT2D eigenvalue weighted by Gasteiger charge is 2.25. The molecular weight excluding hydrogens is 390 g/mol. The second-order valence-electron chi connectivity index (χ2n) is 7.53. The fourth-order valence-electron chi connectivity index (χ4n) is 3.55. The van der Waals surface area contributed by atoms with Gasteiger partial charge in [-0.3, -0.25) is 14.5 Å². The number of amides is 2. The van der Waals surface area contributed by atoms with Crippen molar-refractivity contribution < 1.29 is 18.4 Å². The number of benzene rings is 2.